The zero-order chi connectivity index (χ0) is 7.40. The van der Waals surface area contributed by atoms with E-state index in [2.05, 4.69) is 10.7 Å². The lowest BCUT2D eigenvalue weighted by Crippen LogP contribution is -2.53. The number of nitrogens with two attached hydrogens (primary N) is 1. The lowest BCUT2D eigenvalue weighted by molar-refractivity contribution is 0.167. The summed E-state index contributed by atoms with van der Waals surface area (Å²) in [6, 6.07) is -0.484. The SMILES string of the molecule is NC(=O)NN1CCNCC1. The average Bonchev–Trinajstić information content (AvgIpc) is 1.88. The van der Waals surface area contributed by atoms with Crippen molar-refractivity contribution in [1.82, 2.24) is 15.8 Å². The fourth-order valence-corrected chi connectivity index (χ4v) is 0.932. The van der Waals surface area contributed by atoms with Crippen molar-refractivity contribution in [3.05, 3.63) is 0 Å². The van der Waals surface area contributed by atoms with E-state index in [1.54, 1.807) is 5.01 Å². The molecule has 5 nitrogen and oxygen atoms in total. The molecule has 0 radical (unpaired) electrons. The van der Waals surface area contributed by atoms with Gasteiger partial charge in [0.1, 0.15) is 0 Å². The number of piperazine rings is 1. The molecule has 1 fully saturated rings. The maximum atomic E-state index is 10.3. The molecule has 0 atom stereocenters. The predicted molar refractivity (Wildman–Crippen MR) is 37.2 cm³/mol. The highest BCUT2D eigenvalue weighted by Crippen LogP contribution is 1.84. The number of nitrogens with zero attached hydrogens (tertiary/aromatic N) is 1. The van der Waals surface area contributed by atoms with Gasteiger partial charge in [-0.25, -0.2) is 9.80 Å². The van der Waals surface area contributed by atoms with Gasteiger partial charge in [0, 0.05) is 26.2 Å². The molecular formula is C5H12N4O. The molecular weight excluding hydrogens is 132 g/mol. The molecule has 0 unspecified atom stereocenters. The van der Waals surface area contributed by atoms with Crippen molar-refractivity contribution in [3.63, 3.8) is 0 Å². The zero-order valence-corrected chi connectivity index (χ0v) is 5.76. The number of hydrogen-bond donors (Lipinski definition) is 3. The molecule has 10 heavy (non-hydrogen) atoms. The number of carbonyl (C=O) groups excluding carboxylic acids is 1. The van der Waals surface area contributed by atoms with E-state index in [1.807, 2.05) is 0 Å². The van der Waals surface area contributed by atoms with Crippen LogP contribution in [0, 0.1) is 0 Å². The van der Waals surface area contributed by atoms with Crippen LogP contribution in [0.5, 0.6) is 0 Å². The lowest BCUT2D eigenvalue weighted by Gasteiger charge is -2.26. The highest BCUT2D eigenvalue weighted by Gasteiger charge is 2.09. The lowest BCUT2D eigenvalue weighted by atomic mass is 10.4. The molecule has 1 aliphatic rings. The standard InChI is InChI=1S/C5H12N4O/c6-5(10)8-9-3-1-7-2-4-9/h7H,1-4H2,(H3,6,8,10). The van der Waals surface area contributed by atoms with Crippen molar-refractivity contribution in [2.24, 2.45) is 5.73 Å². The summed E-state index contributed by atoms with van der Waals surface area (Å²) < 4.78 is 0. The molecule has 5 heteroatoms. The highest BCUT2D eigenvalue weighted by molar-refractivity contribution is 5.70. The largest absolute Gasteiger partial charge is 0.351 e. The first-order chi connectivity index (χ1) is 4.79. The first-order valence-electron chi connectivity index (χ1n) is 3.31. The van der Waals surface area contributed by atoms with Crippen molar-refractivity contribution in [2.45, 2.75) is 0 Å². The van der Waals surface area contributed by atoms with Crippen LogP contribution in [0.2, 0.25) is 0 Å². The third-order valence-electron chi connectivity index (χ3n) is 1.39. The van der Waals surface area contributed by atoms with Gasteiger partial charge in [0.25, 0.3) is 0 Å². The minimum atomic E-state index is -0.484. The molecule has 0 spiro atoms. The second kappa shape index (κ2) is 3.38. The van der Waals surface area contributed by atoms with Gasteiger partial charge in [-0.1, -0.05) is 0 Å². The monoisotopic (exact) mass is 144 g/mol. The average molecular weight is 144 g/mol. The zero-order valence-electron chi connectivity index (χ0n) is 5.76. The van der Waals surface area contributed by atoms with Crippen LogP contribution >= 0.6 is 0 Å². The summed E-state index contributed by atoms with van der Waals surface area (Å²) in [6.45, 7) is 3.45. The van der Waals surface area contributed by atoms with Gasteiger partial charge in [0.05, 0.1) is 0 Å². The summed E-state index contributed by atoms with van der Waals surface area (Å²) >= 11 is 0. The molecule has 1 saturated heterocycles. The molecule has 0 saturated carbocycles. The van der Waals surface area contributed by atoms with Gasteiger partial charge in [-0.2, -0.15) is 0 Å². The van der Waals surface area contributed by atoms with Crippen LogP contribution in [-0.2, 0) is 0 Å². The Hall–Kier alpha value is -0.810. The van der Waals surface area contributed by atoms with Crippen LogP contribution in [-0.4, -0.2) is 37.2 Å². The van der Waals surface area contributed by atoms with E-state index in [0.29, 0.717) is 0 Å². The number of hydrazine groups is 1. The first-order valence-corrected chi connectivity index (χ1v) is 3.31. The summed E-state index contributed by atoms with van der Waals surface area (Å²) in [7, 11) is 0. The van der Waals surface area contributed by atoms with Crippen LogP contribution in [0.4, 0.5) is 4.79 Å². The van der Waals surface area contributed by atoms with Crippen molar-refractivity contribution in [3.8, 4) is 0 Å². The van der Waals surface area contributed by atoms with Crippen LogP contribution in [0.15, 0.2) is 0 Å². The molecule has 1 aliphatic heterocycles. The molecule has 0 bridgehead atoms. The number of hydrogen-bond acceptors (Lipinski definition) is 3. The minimum Gasteiger partial charge on any atom is -0.351 e. The van der Waals surface area contributed by atoms with E-state index in [1.165, 1.54) is 0 Å². The molecule has 0 aromatic carbocycles. The Bertz CT molecular complexity index is 121. The Kier molecular flexibility index (Phi) is 2.47. The summed E-state index contributed by atoms with van der Waals surface area (Å²) in [5.41, 5.74) is 7.43. The van der Waals surface area contributed by atoms with Gasteiger partial charge in [-0.15, -0.1) is 0 Å². The van der Waals surface area contributed by atoms with E-state index in [9.17, 15) is 4.79 Å². The fourth-order valence-electron chi connectivity index (χ4n) is 0.932. The van der Waals surface area contributed by atoms with Crippen LogP contribution < -0.4 is 16.5 Å². The number of urea groups is 1. The maximum Gasteiger partial charge on any atom is 0.326 e. The summed E-state index contributed by atoms with van der Waals surface area (Å²) in [5, 5.41) is 4.96. The summed E-state index contributed by atoms with van der Waals surface area (Å²) in [5.74, 6) is 0. The maximum absolute atomic E-state index is 10.3. The normalized spacial score (nSPS) is 20.4. The van der Waals surface area contributed by atoms with Gasteiger partial charge in [-0.3, -0.25) is 5.43 Å². The second-order valence-electron chi connectivity index (χ2n) is 2.21. The number of primary amides is 1. The number of amides is 2. The minimum absolute atomic E-state index is 0.484. The van der Waals surface area contributed by atoms with Gasteiger partial charge < -0.3 is 11.1 Å². The Labute approximate surface area is 59.5 Å². The van der Waals surface area contributed by atoms with E-state index in [0.717, 1.165) is 26.2 Å². The first kappa shape index (κ1) is 7.30. The van der Waals surface area contributed by atoms with Crippen LogP contribution in [0.25, 0.3) is 0 Å². The third-order valence-corrected chi connectivity index (χ3v) is 1.39. The molecule has 4 N–H and O–H groups in total. The Morgan fingerprint density at radius 1 is 1.50 bits per heavy atom. The quantitative estimate of drug-likeness (QED) is 0.418. The van der Waals surface area contributed by atoms with Crippen LogP contribution in [0.3, 0.4) is 0 Å². The van der Waals surface area contributed by atoms with Crippen molar-refractivity contribution in [1.29, 1.82) is 0 Å². The summed E-state index contributed by atoms with van der Waals surface area (Å²) in [4.78, 5) is 10.3. The number of rotatable bonds is 1. The molecule has 1 rings (SSSR count). The molecule has 58 valence electrons. The molecule has 0 aromatic rings. The second-order valence-corrected chi connectivity index (χ2v) is 2.21. The summed E-state index contributed by atoms with van der Waals surface area (Å²) in [6.07, 6.45) is 0. The van der Waals surface area contributed by atoms with Crippen molar-refractivity contribution >= 4 is 6.03 Å². The molecule has 0 aromatic heterocycles. The topological polar surface area (TPSA) is 70.4 Å². The highest BCUT2D eigenvalue weighted by atomic mass is 16.2. The Morgan fingerprint density at radius 2 is 2.10 bits per heavy atom. The van der Waals surface area contributed by atoms with Gasteiger partial charge in [-0.05, 0) is 0 Å². The van der Waals surface area contributed by atoms with Crippen molar-refractivity contribution in [2.75, 3.05) is 26.2 Å². The van der Waals surface area contributed by atoms with Gasteiger partial charge in [0.2, 0.25) is 0 Å². The fraction of sp³-hybridized carbons (Fsp3) is 0.800. The Balaban J connectivity index is 2.19. The third kappa shape index (κ3) is 2.20. The molecule has 1 heterocycles. The molecule has 2 amide bonds. The van der Waals surface area contributed by atoms with E-state index in [4.69, 9.17) is 5.73 Å². The van der Waals surface area contributed by atoms with Gasteiger partial charge >= 0.3 is 6.03 Å². The molecule has 0 aliphatic carbocycles. The Morgan fingerprint density at radius 3 is 2.60 bits per heavy atom. The van der Waals surface area contributed by atoms with Gasteiger partial charge in [0.15, 0.2) is 0 Å². The van der Waals surface area contributed by atoms with E-state index in [-0.39, 0.29) is 0 Å². The number of carbonyl (C=O) groups is 1. The van der Waals surface area contributed by atoms with E-state index >= 15 is 0 Å². The smallest absolute Gasteiger partial charge is 0.326 e. The van der Waals surface area contributed by atoms with Crippen LogP contribution in [0.1, 0.15) is 0 Å². The predicted octanol–water partition coefficient (Wildman–Crippen LogP) is -1.53. The van der Waals surface area contributed by atoms with Crippen molar-refractivity contribution < 1.29 is 4.79 Å². The number of nitrogens with one attached hydrogen (secondary N) is 2. The van der Waals surface area contributed by atoms with E-state index < -0.39 is 6.03 Å².